The topological polar surface area (TPSA) is 99.1 Å². The quantitative estimate of drug-likeness (QED) is 0.334. The molecule has 1 N–H and O–H groups in total. The van der Waals surface area contributed by atoms with Crippen molar-refractivity contribution < 1.29 is 33.7 Å². The molecule has 0 saturated carbocycles. The minimum absolute atomic E-state index is 0.130. The third-order valence-corrected chi connectivity index (χ3v) is 5.25. The van der Waals surface area contributed by atoms with E-state index in [-0.39, 0.29) is 12.0 Å². The van der Waals surface area contributed by atoms with Gasteiger partial charge in [-0.15, -0.1) is 0 Å². The van der Waals surface area contributed by atoms with Gasteiger partial charge in [-0.2, -0.15) is 0 Å². The molecule has 0 amide bonds. The van der Waals surface area contributed by atoms with Gasteiger partial charge in [0.15, 0.2) is 0 Å². The summed E-state index contributed by atoms with van der Waals surface area (Å²) < 4.78 is 16.4. The van der Waals surface area contributed by atoms with Crippen molar-refractivity contribution >= 4 is 17.9 Å². The third-order valence-electron chi connectivity index (χ3n) is 5.25. The van der Waals surface area contributed by atoms with Gasteiger partial charge in [-0.3, -0.25) is 4.79 Å². The first-order valence-electron chi connectivity index (χ1n) is 9.50. The summed E-state index contributed by atoms with van der Waals surface area (Å²) >= 11 is 0. The smallest absolute Gasteiger partial charge is 0.334 e. The Labute approximate surface area is 170 Å². The number of hydrogen-bond acceptors (Lipinski definition) is 7. The molecule has 0 aromatic carbocycles. The van der Waals surface area contributed by atoms with Gasteiger partial charge in [0, 0.05) is 24.5 Å². The fourth-order valence-electron chi connectivity index (χ4n) is 3.33. The molecule has 1 aliphatic carbocycles. The van der Waals surface area contributed by atoms with E-state index in [4.69, 9.17) is 14.2 Å². The van der Waals surface area contributed by atoms with E-state index in [0.717, 1.165) is 0 Å². The van der Waals surface area contributed by atoms with Gasteiger partial charge in [-0.1, -0.05) is 12.7 Å². The zero-order valence-corrected chi connectivity index (χ0v) is 17.4. The summed E-state index contributed by atoms with van der Waals surface area (Å²) in [6.45, 7) is 11.9. The number of rotatable bonds is 3. The van der Waals surface area contributed by atoms with E-state index in [1.54, 1.807) is 45.9 Å². The number of fused-ring (bicyclic) bond motifs is 1. The van der Waals surface area contributed by atoms with E-state index >= 15 is 0 Å². The van der Waals surface area contributed by atoms with Gasteiger partial charge < -0.3 is 19.3 Å². The first-order chi connectivity index (χ1) is 13.5. The molecular weight excluding hydrogens is 376 g/mol. The minimum atomic E-state index is -0.936. The molecule has 0 unspecified atom stereocenters. The molecule has 1 heterocycles. The highest BCUT2D eigenvalue weighted by Crippen LogP contribution is 2.36. The Kier molecular flexibility index (Phi) is 7.19. The predicted molar refractivity (Wildman–Crippen MR) is 106 cm³/mol. The Morgan fingerprint density at radius 2 is 1.86 bits per heavy atom. The molecular formula is C22H28O7. The molecule has 2 aliphatic rings. The molecule has 1 aliphatic heterocycles. The zero-order chi connectivity index (χ0) is 21.9. The monoisotopic (exact) mass is 404 g/mol. The Bertz CT molecular complexity index is 802. The maximum absolute atomic E-state index is 12.4. The van der Waals surface area contributed by atoms with E-state index in [0.29, 0.717) is 16.7 Å². The summed E-state index contributed by atoms with van der Waals surface area (Å²) in [5.41, 5.74) is 1.75. The largest absolute Gasteiger partial charge is 0.458 e. The van der Waals surface area contributed by atoms with Crippen molar-refractivity contribution in [2.24, 2.45) is 5.92 Å². The second kappa shape index (κ2) is 9.22. The van der Waals surface area contributed by atoms with E-state index in [2.05, 4.69) is 6.58 Å². The summed E-state index contributed by atoms with van der Waals surface area (Å²) in [5, 5.41) is 10.6. The van der Waals surface area contributed by atoms with Crippen LogP contribution in [0.3, 0.4) is 0 Å². The van der Waals surface area contributed by atoms with E-state index in [1.165, 1.54) is 6.92 Å². The average molecular weight is 404 g/mol. The molecule has 0 spiro atoms. The number of carbonyl (C=O) groups excluding carboxylic acids is 3. The third kappa shape index (κ3) is 5.23. The molecule has 0 radical (unpaired) electrons. The lowest BCUT2D eigenvalue weighted by atomic mass is 9.85. The van der Waals surface area contributed by atoms with Crippen molar-refractivity contribution in [1.82, 2.24) is 0 Å². The highest BCUT2D eigenvalue weighted by molar-refractivity contribution is 5.92. The molecule has 7 heteroatoms. The van der Waals surface area contributed by atoms with Crippen LogP contribution in [0.5, 0.6) is 0 Å². The van der Waals surface area contributed by atoms with Crippen molar-refractivity contribution in [3.05, 3.63) is 47.1 Å². The lowest BCUT2D eigenvalue weighted by Crippen LogP contribution is -2.34. The number of carbonyl (C=O) groups is 3. The highest BCUT2D eigenvalue weighted by Gasteiger charge is 2.44. The van der Waals surface area contributed by atoms with Gasteiger partial charge in [0.1, 0.15) is 18.3 Å². The number of aliphatic hydroxyl groups excluding tert-OH is 1. The van der Waals surface area contributed by atoms with Crippen LogP contribution in [-0.2, 0) is 28.6 Å². The van der Waals surface area contributed by atoms with Crippen LogP contribution in [0, 0.1) is 5.92 Å². The lowest BCUT2D eigenvalue weighted by molar-refractivity contribution is -0.147. The fourth-order valence-corrected chi connectivity index (χ4v) is 3.33. The summed E-state index contributed by atoms with van der Waals surface area (Å²) in [6, 6.07) is 0. The summed E-state index contributed by atoms with van der Waals surface area (Å²) in [7, 11) is 0. The maximum Gasteiger partial charge on any atom is 0.334 e. The summed E-state index contributed by atoms with van der Waals surface area (Å²) in [4.78, 5) is 36.1. The minimum Gasteiger partial charge on any atom is -0.458 e. The number of ether oxygens (including phenoxy) is 3. The Hall–Kier alpha value is -2.67. The highest BCUT2D eigenvalue weighted by atomic mass is 16.6. The first kappa shape index (κ1) is 22.6. The lowest BCUT2D eigenvalue weighted by Gasteiger charge is -2.29. The number of hydrogen-bond donors (Lipinski definition) is 1. The van der Waals surface area contributed by atoms with Gasteiger partial charge in [0.25, 0.3) is 0 Å². The van der Waals surface area contributed by atoms with Crippen molar-refractivity contribution in [2.45, 2.75) is 65.5 Å². The molecule has 0 aromatic heterocycles. The van der Waals surface area contributed by atoms with Crippen molar-refractivity contribution in [3.63, 3.8) is 0 Å². The first-order valence-corrected chi connectivity index (χ1v) is 9.50. The SMILES string of the molecule is C=C1C(=O)O[C@@H]2/C=C(/C)[C@@H](OC(C)=O)C[C@@H](O)/C(C)=C/[C@@H](OC(=O)/C(C)=C/C)[C@@H]12. The van der Waals surface area contributed by atoms with Crippen LogP contribution in [0.15, 0.2) is 47.1 Å². The van der Waals surface area contributed by atoms with Crippen LogP contribution in [-0.4, -0.2) is 47.4 Å². The van der Waals surface area contributed by atoms with E-state index < -0.39 is 48.2 Å². The number of allylic oxidation sites excluding steroid dienone is 1. The number of esters is 3. The van der Waals surface area contributed by atoms with Crippen molar-refractivity contribution in [1.29, 1.82) is 0 Å². The standard InChI is InChI=1S/C22H28O7/c1-7-11(2)21(25)28-18-8-12(3)16(24)10-17(27-15(6)23)13(4)9-19-20(18)14(5)22(26)29-19/h7-9,16-20,24H,5,10H2,1-4,6H3/b11-7+,12-8+,13-9-/t16-,17+,18-,19-,20-/m1/s1. The molecule has 7 nitrogen and oxygen atoms in total. The van der Waals surface area contributed by atoms with E-state index in [1.807, 2.05) is 0 Å². The molecule has 29 heavy (non-hydrogen) atoms. The van der Waals surface area contributed by atoms with Gasteiger partial charge in [-0.05, 0) is 51.0 Å². The average Bonchev–Trinajstić information content (AvgIpc) is 2.92. The molecule has 1 saturated heterocycles. The van der Waals surface area contributed by atoms with Crippen LogP contribution >= 0.6 is 0 Å². The maximum atomic E-state index is 12.4. The number of aliphatic hydroxyl groups is 1. The molecule has 5 atom stereocenters. The molecule has 1 fully saturated rings. The van der Waals surface area contributed by atoms with Crippen LogP contribution < -0.4 is 0 Å². The van der Waals surface area contributed by atoms with Gasteiger partial charge >= 0.3 is 17.9 Å². The Morgan fingerprint density at radius 1 is 1.21 bits per heavy atom. The Balaban J connectivity index is 2.52. The van der Waals surface area contributed by atoms with Crippen LogP contribution in [0.4, 0.5) is 0 Å². The summed E-state index contributed by atoms with van der Waals surface area (Å²) in [6.07, 6.45) is 1.82. The summed E-state index contributed by atoms with van der Waals surface area (Å²) in [5.74, 6) is -2.25. The van der Waals surface area contributed by atoms with Crippen LogP contribution in [0.2, 0.25) is 0 Å². The van der Waals surface area contributed by atoms with Gasteiger partial charge in [0.2, 0.25) is 0 Å². The van der Waals surface area contributed by atoms with Gasteiger partial charge in [-0.25, -0.2) is 9.59 Å². The fraction of sp³-hybridized carbons (Fsp3) is 0.500. The molecule has 0 aromatic rings. The van der Waals surface area contributed by atoms with E-state index in [9.17, 15) is 19.5 Å². The zero-order valence-electron chi connectivity index (χ0n) is 17.4. The van der Waals surface area contributed by atoms with Crippen molar-refractivity contribution in [3.8, 4) is 0 Å². The Morgan fingerprint density at radius 3 is 2.45 bits per heavy atom. The van der Waals surface area contributed by atoms with Gasteiger partial charge in [0.05, 0.1) is 12.0 Å². The predicted octanol–water partition coefficient (Wildman–Crippen LogP) is 2.55. The molecule has 0 bridgehead atoms. The molecule has 2 rings (SSSR count). The molecule has 158 valence electrons. The van der Waals surface area contributed by atoms with Crippen molar-refractivity contribution in [2.75, 3.05) is 0 Å². The van der Waals surface area contributed by atoms with Crippen LogP contribution in [0.1, 0.15) is 41.0 Å². The second-order valence-corrected chi connectivity index (χ2v) is 7.43. The second-order valence-electron chi connectivity index (χ2n) is 7.43. The normalized spacial score (nSPS) is 34.1. The van der Waals surface area contributed by atoms with Crippen LogP contribution in [0.25, 0.3) is 0 Å².